The van der Waals surface area contributed by atoms with E-state index in [1.54, 1.807) is 0 Å². The van der Waals surface area contributed by atoms with E-state index in [9.17, 15) is 8.78 Å². The summed E-state index contributed by atoms with van der Waals surface area (Å²) in [6.45, 7) is 1.36. The van der Waals surface area contributed by atoms with Gasteiger partial charge in [-0.1, -0.05) is 6.07 Å². The predicted octanol–water partition coefficient (Wildman–Crippen LogP) is 2.07. The first-order valence-corrected chi connectivity index (χ1v) is 5.75. The van der Waals surface area contributed by atoms with Crippen LogP contribution < -0.4 is 5.32 Å². The van der Waals surface area contributed by atoms with E-state index in [1.807, 2.05) is 0 Å². The van der Waals surface area contributed by atoms with E-state index >= 15 is 0 Å². The first kappa shape index (κ1) is 11.2. The molecule has 0 unspecified atom stereocenters. The van der Waals surface area contributed by atoms with Gasteiger partial charge in [0.1, 0.15) is 18.0 Å². The van der Waals surface area contributed by atoms with Gasteiger partial charge in [0.05, 0.1) is 17.0 Å². The zero-order valence-corrected chi connectivity index (χ0v) is 9.58. The van der Waals surface area contributed by atoms with E-state index in [2.05, 4.69) is 15.3 Å². The molecule has 1 aromatic heterocycles. The Balaban J connectivity index is 2.23. The number of nitrogens with one attached hydrogen (secondary N) is 1. The molecule has 2 heterocycles. The summed E-state index contributed by atoms with van der Waals surface area (Å²) in [6.07, 6.45) is 2.12. The van der Waals surface area contributed by atoms with Crippen molar-refractivity contribution >= 4 is 0 Å². The van der Waals surface area contributed by atoms with E-state index in [1.165, 1.54) is 24.5 Å². The number of halogens is 2. The largest absolute Gasteiger partial charge is 0.312 e. The lowest BCUT2D eigenvalue weighted by atomic mass is 10.00. The normalized spacial score (nSPS) is 14.3. The summed E-state index contributed by atoms with van der Waals surface area (Å²) in [5, 5.41) is 3.17. The lowest BCUT2D eigenvalue weighted by molar-refractivity contribution is 0.584. The van der Waals surface area contributed by atoms with Crippen LogP contribution in [-0.4, -0.2) is 16.5 Å². The summed E-state index contributed by atoms with van der Waals surface area (Å²) in [5.41, 5.74) is 1.93. The molecule has 3 rings (SSSR count). The quantitative estimate of drug-likeness (QED) is 0.838. The maximum Gasteiger partial charge on any atom is 0.135 e. The molecule has 1 N–H and O–H groups in total. The highest BCUT2D eigenvalue weighted by Gasteiger charge is 2.20. The summed E-state index contributed by atoms with van der Waals surface area (Å²) in [4.78, 5) is 8.22. The van der Waals surface area contributed by atoms with Gasteiger partial charge in [0.2, 0.25) is 0 Å². The van der Waals surface area contributed by atoms with Crippen LogP contribution >= 0.6 is 0 Å². The molecule has 1 aromatic carbocycles. The molecule has 5 heteroatoms. The molecule has 1 aliphatic rings. The fourth-order valence-electron chi connectivity index (χ4n) is 2.21. The highest BCUT2D eigenvalue weighted by Crippen LogP contribution is 2.29. The zero-order valence-electron chi connectivity index (χ0n) is 9.58. The van der Waals surface area contributed by atoms with Crippen LogP contribution in [0.2, 0.25) is 0 Å². The first-order chi connectivity index (χ1) is 8.77. The van der Waals surface area contributed by atoms with E-state index in [0.717, 1.165) is 24.2 Å². The van der Waals surface area contributed by atoms with Crippen molar-refractivity contribution in [2.45, 2.75) is 13.0 Å². The van der Waals surface area contributed by atoms with Crippen LogP contribution in [0, 0.1) is 11.6 Å². The Morgan fingerprint density at radius 3 is 2.67 bits per heavy atom. The number of fused-ring (bicyclic) bond motifs is 1. The van der Waals surface area contributed by atoms with Gasteiger partial charge in [-0.3, -0.25) is 0 Å². The minimum atomic E-state index is -0.596. The van der Waals surface area contributed by atoms with Crippen LogP contribution in [0.3, 0.4) is 0 Å². The molecule has 0 saturated carbocycles. The van der Waals surface area contributed by atoms with E-state index in [-0.39, 0.29) is 5.56 Å². The first-order valence-electron chi connectivity index (χ1n) is 5.75. The second-order valence-electron chi connectivity index (χ2n) is 4.17. The fourth-order valence-corrected chi connectivity index (χ4v) is 2.21. The molecule has 3 nitrogen and oxygen atoms in total. The molecule has 18 heavy (non-hydrogen) atoms. The molecule has 0 atom stereocenters. The third kappa shape index (κ3) is 1.76. The number of rotatable bonds is 1. The van der Waals surface area contributed by atoms with Crippen LogP contribution in [0.25, 0.3) is 11.3 Å². The van der Waals surface area contributed by atoms with E-state index < -0.39 is 11.6 Å². The zero-order chi connectivity index (χ0) is 12.5. The van der Waals surface area contributed by atoms with Crippen molar-refractivity contribution in [1.82, 2.24) is 15.3 Å². The molecule has 0 aliphatic carbocycles. The van der Waals surface area contributed by atoms with Crippen molar-refractivity contribution in [1.29, 1.82) is 0 Å². The number of benzene rings is 1. The van der Waals surface area contributed by atoms with Crippen LogP contribution in [0.4, 0.5) is 8.78 Å². The lowest BCUT2D eigenvalue weighted by Crippen LogP contribution is -2.25. The highest BCUT2D eigenvalue weighted by molar-refractivity contribution is 5.65. The summed E-state index contributed by atoms with van der Waals surface area (Å²) in [6, 6.07) is 3.83. The molecule has 0 amide bonds. The van der Waals surface area contributed by atoms with Gasteiger partial charge in [-0.05, 0) is 12.1 Å². The van der Waals surface area contributed by atoms with Gasteiger partial charge in [0, 0.05) is 25.1 Å². The number of hydrogen-bond donors (Lipinski definition) is 1. The predicted molar refractivity (Wildman–Crippen MR) is 62.8 cm³/mol. The lowest BCUT2D eigenvalue weighted by Gasteiger charge is -2.18. The molecular formula is C13H11F2N3. The van der Waals surface area contributed by atoms with Gasteiger partial charge in [0.15, 0.2) is 0 Å². The SMILES string of the molecule is Fc1cccc(F)c1-c1ncnc2c1CNCC2. The average Bonchev–Trinajstić information content (AvgIpc) is 2.39. The minimum Gasteiger partial charge on any atom is -0.312 e. The minimum absolute atomic E-state index is 0.0696. The Labute approximate surface area is 103 Å². The van der Waals surface area contributed by atoms with Crippen LogP contribution in [0.1, 0.15) is 11.3 Å². The molecule has 0 radical (unpaired) electrons. The smallest absolute Gasteiger partial charge is 0.135 e. The summed E-state index contributed by atoms with van der Waals surface area (Å²) in [5.74, 6) is -1.19. The Bertz CT molecular complexity index is 579. The highest BCUT2D eigenvalue weighted by atomic mass is 19.1. The van der Waals surface area contributed by atoms with Crippen molar-refractivity contribution in [2.24, 2.45) is 0 Å². The molecular weight excluding hydrogens is 236 g/mol. The van der Waals surface area contributed by atoms with Crippen LogP contribution in [0.15, 0.2) is 24.5 Å². The fraction of sp³-hybridized carbons (Fsp3) is 0.231. The molecule has 0 spiro atoms. The van der Waals surface area contributed by atoms with E-state index in [4.69, 9.17) is 0 Å². The summed E-state index contributed by atoms with van der Waals surface area (Å²) in [7, 11) is 0. The second kappa shape index (κ2) is 4.42. The molecule has 92 valence electrons. The number of aromatic nitrogens is 2. The van der Waals surface area contributed by atoms with Crippen LogP contribution in [0.5, 0.6) is 0 Å². The van der Waals surface area contributed by atoms with Crippen molar-refractivity contribution in [3.63, 3.8) is 0 Å². The summed E-state index contributed by atoms with van der Waals surface area (Å²) >= 11 is 0. The second-order valence-corrected chi connectivity index (χ2v) is 4.17. The summed E-state index contributed by atoms with van der Waals surface area (Å²) < 4.78 is 27.6. The maximum absolute atomic E-state index is 13.8. The third-order valence-electron chi connectivity index (χ3n) is 3.07. The Kier molecular flexibility index (Phi) is 2.76. The van der Waals surface area contributed by atoms with Gasteiger partial charge < -0.3 is 5.32 Å². The molecule has 0 fully saturated rings. The third-order valence-corrected chi connectivity index (χ3v) is 3.07. The maximum atomic E-state index is 13.8. The standard InChI is InChI=1S/C13H11F2N3/c14-9-2-1-3-10(15)12(9)13-8-6-16-5-4-11(8)17-7-18-13/h1-3,7,16H,4-6H2. The van der Waals surface area contributed by atoms with Gasteiger partial charge in [-0.15, -0.1) is 0 Å². The van der Waals surface area contributed by atoms with Crippen molar-refractivity contribution < 1.29 is 8.78 Å². The monoisotopic (exact) mass is 247 g/mol. The number of hydrogen-bond acceptors (Lipinski definition) is 3. The van der Waals surface area contributed by atoms with Crippen molar-refractivity contribution in [3.05, 3.63) is 47.4 Å². The van der Waals surface area contributed by atoms with Gasteiger partial charge in [-0.25, -0.2) is 18.7 Å². The van der Waals surface area contributed by atoms with Gasteiger partial charge in [-0.2, -0.15) is 0 Å². The molecule has 0 bridgehead atoms. The Morgan fingerprint density at radius 2 is 1.89 bits per heavy atom. The van der Waals surface area contributed by atoms with E-state index in [0.29, 0.717) is 12.2 Å². The topological polar surface area (TPSA) is 37.8 Å². The Hall–Kier alpha value is -1.88. The molecule has 2 aromatic rings. The molecule has 1 aliphatic heterocycles. The van der Waals surface area contributed by atoms with Gasteiger partial charge in [0.25, 0.3) is 0 Å². The number of nitrogens with zero attached hydrogens (tertiary/aromatic N) is 2. The van der Waals surface area contributed by atoms with Crippen molar-refractivity contribution in [2.75, 3.05) is 6.54 Å². The van der Waals surface area contributed by atoms with Gasteiger partial charge >= 0.3 is 0 Å². The Morgan fingerprint density at radius 1 is 1.11 bits per heavy atom. The van der Waals surface area contributed by atoms with Crippen LogP contribution in [-0.2, 0) is 13.0 Å². The average molecular weight is 247 g/mol. The van der Waals surface area contributed by atoms with Crippen molar-refractivity contribution in [3.8, 4) is 11.3 Å². The molecule has 0 saturated heterocycles.